The predicted molar refractivity (Wildman–Crippen MR) is 54.6 cm³/mol. The molecule has 0 bridgehead atoms. The summed E-state index contributed by atoms with van der Waals surface area (Å²) < 4.78 is 22.3. The van der Waals surface area contributed by atoms with Crippen LogP contribution in [0.25, 0.3) is 0 Å². The molecule has 0 aromatic carbocycles. The van der Waals surface area contributed by atoms with Gasteiger partial charge in [0.2, 0.25) is 0 Å². The zero-order valence-electron chi connectivity index (χ0n) is 8.25. The summed E-state index contributed by atoms with van der Waals surface area (Å²) in [6, 6.07) is 0.576. The Morgan fingerprint density at radius 1 is 1.46 bits per heavy atom. The van der Waals surface area contributed by atoms with Crippen molar-refractivity contribution < 1.29 is 8.42 Å². The zero-order valence-corrected chi connectivity index (χ0v) is 9.07. The van der Waals surface area contributed by atoms with Crippen LogP contribution < -0.4 is 5.32 Å². The van der Waals surface area contributed by atoms with Gasteiger partial charge in [-0.1, -0.05) is 6.92 Å². The predicted octanol–water partition coefficient (Wildman–Crippen LogP) is 0.953. The molecule has 1 saturated heterocycles. The second kappa shape index (κ2) is 4.96. The standard InChI is InChI=1S/C9H19NO2S/c1-2-13(11,12)8-4-6-9-5-3-7-10-9/h9-10H,2-8H2,1H3. The van der Waals surface area contributed by atoms with E-state index in [-0.39, 0.29) is 5.75 Å². The van der Waals surface area contributed by atoms with Gasteiger partial charge in [0, 0.05) is 11.8 Å². The molecule has 0 aromatic heterocycles. The van der Waals surface area contributed by atoms with Gasteiger partial charge in [-0.15, -0.1) is 0 Å². The quantitative estimate of drug-likeness (QED) is 0.727. The van der Waals surface area contributed by atoms with Crippen molar-refractivity contribution in [2.75, 3.05) is 18.1 Å². The number of nitrogens with one attached hydrogen (secondary N) is 1. The van der Waals surface area contributed by atoms with Crippen LogP contribution in [0.1, 0.15) is 32.6 Å². The molecule has 4 heteroatoms. The van der Waals surface area contributed by atoms with E-state index in [4.69, 9.17) is 0 Å². The molecule has 1 atom stereocenters. The van der Waals surface area contributed by atoms with Crippen LogP contribution in [0, 0.1) is 0 Å². The van der Waals surface area contributed by atoms with E-state index in [2.05, 4.69) is 5.32 Å². The molecule has 78 valence electrons. The fourth-order valence-electron chi connectivity index (χ4n) is 1.70. The number of hydrogen-bond acceptors (Lipinski definition) is 3. The number of hydrogen-bond donors (Lipinski definition) is 1. The molecule has 1 N–H and O–H groups in total. The molecule has 0 saturated carbocycles. The molecule has 1 aliphatic heterocycles. The average molecular weight is 205 g/mol. The highest BCUT2D eigenvalue weighted by atomic mass is 32.2. The van der Waals surface area contributed by atoms with Crippen molar-refractivity contribution in [1.29, 1.82) is 0 Å². The highest BCUT2D eigenvalue weighted by Gasteiger charge is 2.14. The normalized spacial score (nSPS) is 23.6. The summed E-state index contributed by atoms with van der Waals surface area (Å²) in [5.74, 6) is 0.646. The lowest BCUT2D eigenvalue weighted by molar-refractivity contribution is 0.544. The monoisotopic (exact) mass is 205 g/mol. The first-order chi connectivity index (χ1) is 6.14. The Hall–Kier alpha value is -0.0900. The molecule has 1 unspecified atom stereocenters. The summed E-state index contributed by atoms with van der Waals surface area (Å²) in [7, 11) is -2.74. The van der Waals surface area contributed by atoms with E-state index in [9.17, 15) is 8.42 Å². The van der Waals surface area contributed by atoms with E-state index in [1.807, 2.05) is 0 Å². The highest BCUT2D eigenvalue weighted by Crippen LogP contribution is 2.11. The van der Waals surface area contributed by atoms with Gasteiger partial charge < -0.3 is 5.32 Å². The second-order valence-corrected chi connectivity index (χ2v) is 6.14. The SMILES string of the molecule is CCS(=O)(=O)CCCC1CCCN1. The smallest absolute Gasteiger partial charge is 0.150 e. The van der Waals surface area contributed by atoms with Gasteiger partial charge in [-0.05, 0) is 32.2 Å². The first-order valence-electron chi connectivity index (χ1n) is 5.08. The third-order valence-electron chi connectivity index (χ3n) is 2.61. The van der Waals surface area contributed by atoms with E-state index in [0.29, 0.717) is 11.8 Å². The van der Waals surface area contributed by atoms with Gasteiger partial charge in [-0.3, -0.25) is 0 Å². The molecular formula is C9H19NO2S. The Kier molecular flexibility index (Phi) is 4.19. The molecule has 1 fully saturated rings. The maximum atomic E-state index is 11.2. The fraction of sp³-hybridized carbons (Fsp3) is 1.00. The summed E-state index contributed by atoms with van der Waals surface area (Å²) in [5.41, 5.74) is 0. The molecular weight excluding hydrogens is 186 g/mol. The molecule has 3 nitrogen and oxygen atoms in total. The molecule has 0 aromatic rings. The minimum atomic E-state index is -2.74. The largest absolute Gasteiger partial charge is 0.314 e. The van der Waals surface area contributed by atoms with Gasteiger partial charge >= 0.3 is 0 Å². The molecule has 1 rings (SSSR count). The molecule has 0 amide bonds. The lowest BCUT2D eigenvalue weighted by Crippen LogP contribution is -2.22. The van der Waals surface area contributed by atoms with Crippen LogP contribution in [0.4, 0.5) is 0 Å². The zero-order chi connectivity index (χ0) is 9.73. The van der Waals surface area contributed by atoms with Gasteiger partial charge in [0.25, 0.3) is 0 Å². The Bertz CT molecular complexity index is 230. The van der Waals surface area contributed by atoms with Gasteiger partial charge in [0.1, 0.15) is 9.84 Å². The Balaban J connectivity index is 2.13. The molecule has 1 aliphatic rings. The lowest BCUT2D eigenvalue weighted by Gasteiger charge is -2.08. The molecule has 13 heavy (non-hydrogen) atoms. The summed E-state index contributed by atoms with van der Waals surface area (Å²) in [6.07, 6.45) is 4.28. The summed E-state index contributed by atoms with van der Waals surface area (Å²) in [6.45, 7) is 2.81. The fourth-order valence-corrected chi connectivity index (χ4v) is 2.59. The number of rotatable bonds is 5. The lowest BCUT2D eigenvalue weighted by atomic mass is 10.1. The van der Waals surface area contributed by atoms with Gasteiger partial charge in [0.05, 0.1) is 5.75 Å². The van der Waals surface area contributed by atoms with E-state index in [1.165, 1.54) is 12.8 Å². The first-order valence-corrected chi connectivity index (χ1v) is 6.90. The summed E-state index contributed by atoms with van der Waals surface area (Å²) >= 11 is 0. The average Bonchev–Trinajstić information content (AvgIpc) is 2.57. The van der Waals surface area contributed by atoms with E-state index < -0.39 is 9.84 Å². The Morgan fingerprint density at radius 3 is 2.77 bits per heavy atom. The van der Waals surface area contributed by atoms with Crippen LogP contribution in [0.2, 0.25) is 0 Å². The van der Waals surface area contributed by atoms with Gasteiger partial charge in [-0.25, -0.2) is 8.42 Å². The number of sulfone groups is 1. The minimum absolute atomic E-state index is 0.283. The van der Waals surface area contributed by atoms with E-state index >= 15 is 0 Å². The maximum Gasteiger partial charge on any atom is 0.150 e. The highest BCUT2D eigenvalue weighted by molar-refractivity contribution is 7.91. The molecule has 0 aliphatic carbocycles. The minimum Gasteiger partial charge on any atom is -0.314 e. The van der Waals surface area contributed by atoms with Crippen molar-refractivity contribution in [3.63, 3.8) is 0 Å². The third-order valence-corrected chi connectivity index (χ3v) is 4.40. The van der Waals surface area contributed by atoms with Gasteiger partial charge in [-0.2, -0.15) is 0 Å². The second-order valence-electron chi connectivity index (χ2n) is 3.67. The Labute approximate surface area is 80.8 Å². The van der Waals surface area contributed by atoms with E-state index in [0.717, 1.165) is 19.4 Å². The van der Waals surface area contributed by atoms with Gasteiger partial charge in [0.15, 0.2) is 0 Å². The van der Waals surface area contributed by atoms with Crippen LogP contribution in [0.5, 0.6) is 0 Å². The molecule has 1 heterocycles. The van der Waals surface area contributed by atoms with Crippen molar-refractivity contribution in [2.45, 2.75) is 38.6 Å². The molecule has 0 radical (unpaired) electrons. The van der Waals surface area contributed by atoms with Crippen molar-refractivity contribution in [2.24, 2.45) is 0 Å². The van der Waals surface area contributed by atoms with Crippen LogP contribution in [0.3, 0.4) is 0 Å². The summed E-state index contributed by atoms with van der Waals surface area (Å²) in [5, 5.41) is 3.37. The van der Waals surface area contributed by atoms with E-state index in [1.54, 1.807) is 6.92 Å². The van der Waals surface area contributed by atoms with Crippen LogP contribution >= 0.6 is 0 Å². The topological polar surface area (TPSA) is 46.2 Å². The van der Waals surface area contributed by atoms with Crippen molar-refractivity contribution in [3.8, 4) is 0 Å². The Morgan fingerprint density at radius 2 is 2.23 bits per heavy atom. The third kappa shape index (κ3) is 4.09. The van der Waals surface area contributed by atoms with Crippen LogP contribution in [-0.2, 0) is 9.84 Å². The van der Waals surface area contributed by atoms with Crippen molar-refractivity contribution in [3.05, 3.63) is 0 Å². The maximum absolute atomic E-state index is 11.2. The van der Waals surface area contributed by atoms with Crippen molar-refractivity contribution >= 4 is 9.84 Å². The van der Waals surface area contributed by atoms with Crippen LogP contribution in [-0.4, -0.2) is 32.5 Å². The summed E-state index contributed by atoms with van der Waals surface area (Å²) in [4.78, 5) is 0. The molecule has 0 spiro atoms. The van der Waals surface area contributed by atoms with Crippen LogP contribution in [0.15, 0.2) is 0 Å². The van der Waals surface area contributed by atoms with Crippen molar-refractivity contribution in [1.82, 2.24) is 5.32 Å². The first kappa shape index (κ1) is 11.0.